The fourth-order valence-electron chi connectivity index (χ4n) is 2.04. The fraction of sp³-hybridized carbons (Fsp3) is 1.00. The van der Waals surface area contributed by atoms with E-state index >= 15 is 0 Å². The maximum Gasteiger partial charge on any atom is 0.0784 e. The third kappa shape index (κ3) is 8.17. The Hall–Kier alpha value is -0.840. The van der Waals surface area contributed by atoms with Gasteiger partial charge in [-0.05, 0) is 25.7 Å². The van der Waals surface area contributed by atoms with Gasteiger partial charge in [0.05, 0.1) is 31.8 Å². The Morgan fingerprint density at radius 2 is 1.67 bits per heavy atom. The summed E-state index contributed by atoms with van der Waals surface area (Å²) in [6, 6.07) is 0. The second-order valence-electron chi connectivity index (χ2n) is 4.43. The molecule has 0 saturated carbocycles. The van der Waals surface area contributed by atoms with Crippen molar-refractivity contribution in [2.45, 2.75) is 39.0 Å². The Morgan fingerprint density at radius 1 is 1.20 bits per heavy atom. The van der Waals surface area contributed by atoms with Crippen LogP contribution in [0.1, 0.15) is 39.0 Å². The van der Waals surface area contributed by atoms with Crippen LogP contribution in [0.2, 0.25) is 0 Å². The zero-order chi connectivity index (χ0) is 11.7. The first-order valence-electron chi connectivity index (χ1n) is 5.65. The van der Waals surface area contributed by atoms with Crippen molar-refractivity contribution in [1.29, 1.82) is 0 Å². The summed E-state index contributed by atoms with van der Waals surface area (Å²) >= 11 is 0. The van der Waals surface area contributed by atoms with Gasteiger partial charge in [-0.3, -0.25) is 0 Å². The van der Waals surface area contributed by atoms with Crippen LogP contribution in [-0.4, -0.2) is 36.3 Å². The molecular formula is C10H22N2O3. The van der Waals surface area contributed by atoms with Crippen LogP contribution < -0.4 is 0 Å². The van der Waals surface area contributed by atoms with E-state index in [4.69, 9.17) is 15.3 Å². The number of nitrogens with zero attached hydrogens (tertiary/aromatic N) is 2. The monoisotopic (exact) mass is 218 g/mol. The third-order valence-corrected chi connectivity index (χ3v) is 2.95. The highest BCUT2D eigenvalue weighted by molar-refractivity contribution is 4.51. The predicted octanol–water partition coefficient (Wildman–Crippen LogP) is 2.18. The Labute approximate surface area is 91.4 Å². The summed E-state index contributed by atoms with van der Waals surface area (Å²) in [7, 11) is 2.43. The Bertz CT molecular complexity index is 176. The molecule has 5 nitrogen and oxygen atoms in total. The van der Waals surface area contributed by atoms with E-state index in [9.17, 15) is 0 Å². The largest absolute Gasteiger partial charge is 0.356 e. The molecule has 0 unspecified atom stereocenters. The molecule has 0 bridgehead atoms. The lowest BCUT2D eigenvalue weighted by atomic mass is 10.1. The Morgan fingerprint density at radius 3 is 2.07 bits per heavy atom. The molecule has 0 atom stereocenters. The van der Waals surface area contributed by atoms with Gasteiger partial charge < -0.3 is 19.8 Å². The molecule has 0 spiro atoms. The van der Waals surface area contributed by atoms with Crippen molar-refractivity contribution in [3.63, 3.8) is 0 Å². The molecule has 1 aliphatic rings. The van der Waals surface area contributed by atoms with Crippen molar-refractivity contribution < 1.29 is 9.57 Å². The summed E-state index contributed by atoms with van der Waals surface area (Å²) < 4.78 is 1.36. The highest BCUT2D eigenvalue weighted by Crippen LogP contribution is 2.16. The molecule has 1 rings (SSSR count). The number of rotatable bonds is 3. The van der Waals surface area contributed by atoms with Crippen LogP contribution in [0.5, 0.6) is 0 Å². The standard InChI is InChI=1S/C10H22N.NO3/c1-3-4-8-11(2)9-6-5-7-10-11;2-1(3)4/h3-10H2,1-2H3;/q+1;-1. The van der Waals surface area contributed by atoms with Gasteiger partial charge in [0.2, 0.25) is 0 Å². The van der Waals surface area contributed by atoms with E-state index in [1.165, 1.54) is 56.2 Å². The van der Waals surface area contributed by atoms with Gasteiger partial charge in [0, 0.05) is 0 Å². The molecule has 0 aromatic carbocycles. The van der Waals surface area contributed by atoms with Crippen molar-refractivity contribution in [1.82, 2.24) is 0 Å². The SMILES string of the molecule is CCCC[N+]1(C)CCCCC1.O=[N+]([O-])[O-]. The van der Waals surface area contributed by atoms with E-state index in [2.05, 4.69) is 14.0 Å². The number of likely N-dealkylation sites (tertiary alicyclic amines) is 1. The minimum Gasteiger partial charge on any atom is -0.356 e. The van der Waals surface area contributed by atoms with E-state index in [1.807, 2.05) is 0 Å². The molecule has 0 aliphatic carbocycles. The first kappa shape index (κ1) is 14.2. The molecule has 0 radical (unpaired) electrons. The van der Waals surface area contributed by atoms with Gasteiger partial charge in [-0.15, -0.1) is 0 Å². The van der Waals surface area contributed by atoms with E-state index < -0.39 is 5.09 Å². The zero-order valence-electron chi connectivity index (χ0n) is 9.78. The van der Waals surface area contributed by atoms with Crippen molar-refractivity contribution in [3.05, 3.63) is 15.3 Å². The lowest BCUT2D eigenvalue weighted by Crippen LogP contribution is -2.48. The maximum absolute atomic E-state index is 8.25. The lowest BCUT2D eigenvalue weighted by molar-refractivity contribution is -0.914. The smallest absolute Gasteiger partial charge is 0.0784 e. The molecule has 1 heterocycles. The predicted molar refractivity (Wildman–Crippen MR) is 59.9 cm³/mol. The molecule has 1 aliphatic heterocycles. The first-order chi connectivity index (χ1) is 7.00. The van der Waals surface area contributed by atoms with E-state index in [-0.39, 0.29) is 0 Å². The van der Waals surface area contributed by atoms with Crippen LogP contribution in [0.25, 0.3) is 0 Å². The molecular weight excluding hydrogens is 196 g/mol. The van der Waals surface area contributed by atoms with E-state index in [0.29, 0.717) is 0 Å². The summed E-state index contributed by atoms with van der Waals surface area (Å²) in [5.74, 6) is 0. The molecule has 0 aromatic rings. The number of quaternary nitrogens is 1. The van der Waals surface area contributed by atoms with E-state index in [0.717, 1.165) is 0 Å². The number of unbranched alkanes of at least 4 members (excludes halogenated alkanes) is 1. The van der Waals surface area contributed by atoms with Crippen LogP contribution in [0.15, 0.2) is 0 Å². The average Bonchev–Trinajstić information content (AvgIpc) is 2.15. The zero-order valence-corrected chi connectivity index (χ0v) is 9.78. The summed E-state index contributed by atoms with van der Waals surface area (Å²) in [5, 5.41) is 14.8. The molecule has 5 heteroatoms. The molecule has 1 fully saturated rings. The highest BCUT2D eigenvalue weighted by atomic mass is 16.9. The van der Waals surface area contributed by atoms with E-state index in [1.54, 1.807) is 0 Å². The minimum absolute atomic E-state index is 1.36. The van der Waals surface area contributed by atoms with Gasteiger partial charge >= 0.3 is 0 Å². The fourth-order valence-corrected chi connectivity index (χ4v) is 2.04. The number of hydrogen-bond donors (Lipinski definition) is 0. The summed E-state index contributed by atoms with van der Waals surface area (Å²) in [5.41, 5.74) is 0. The topological polar surface area (TPSA) is 66.2 Å². The molecule has 15 heavy (non-hydrogen) atoms. The number of piperidine rings is 1. The second kappa shape index (κ2) is 7.45. The Balaban J connectivity index is 0.000000423. The van der Waals surface area contributed by atoms with Crippen LogP contribution in [0, 0.1) is 15.3 Å². The van der Waals surface area contributed by atoms with Crippen molar-refractivity contribution in [2.75, 3.05) is 26.7 Å². The number of hydrogen-bond acceptors (Lipinski definition) is 3. The third-order valence-electron chi connectivity index (χ3n) is 2.95. The minimum atomic E-state index is -1.75. The normalized spacial score (nSPS) is 18.8. The van der Waals surface area contributed by atoms with Crippen molar-refractivity contribution in [3.8, 4) is 0 Å². The molecule has 0 amide bonds. The van der Waals surface area contributed by atoms with Gasteiger partial charge in [-0.25, -0.2) is 0 Å². The van der Waals surface area contributed by atoms with Crippen LogP contribution in [0.4, 0.5) is 0 Å². The summed E-state index contributed by atoms with van der Waals surface area (Å²) in [6.45, 7) is 6.56. The van der Waals surface area contributed by atoms with Gasteiger partial charge in [0.1, 0.15) is 0 Å². The van der Waals surface area contributed by atoms with Gasteiger partial charge in [-0.1, -0.05) is 13.3 Å². The molecule has 0 N–H and O–H groups in total. The van der Waals surface area contributed by atoms with Crippen molar-refractivity contribution >= 4 is 0 Å². The van der Waals surface area contributed by atoms with Crippen LogP contribution in [0.3, 0.4) is 0 Å². The molecule has 90 valence electrons. The van der Waals surface area contributed by atoms with Gasteiger partial charge in [-0.2, -0.15) is 0 Å². The summed E-state index contributed by atoms with van der Waals surface area (Å²) in [4.78, 5) is 8.25. The summed E-state index contributed by atoms with van der Waals surface area (Å²) in [6.07, 6.45) is 7.16. The quantitative estimate of drug-likeness (QED) is 0.414. The van der Waals surface area contributed by atoms with Gasteiger partial charge in [0.25, 0.3) is 0 Å². The second-order valence-corrected chi connectivity index (χ2v) is 4.43. The average molecular weight is 218 g/mol. The van der Waals surface area contributed by atoms with Crippen LogP contribution >= 0.6 is 0 Å². The first-order valence-corrected chi connectivity index (χ1v) is 5.65. The van der Waals surface area contributed by atoms with Crippen molar-refractivity contribution in [2.24, 2.45) is 0 Å². The highest BCUT2D eigenvalue weighted by Gasteiger charge is 2.23. The molecule has 0 aromatic heterocycles. The maximum atomic E-state index is 8.25. The van der Waals surface area contributed by atoms with Gasteiger partial charge in [0.15, 0.2) is 0 Å². The van der Waals surface area contributed by atoms with Crippen LogP contribution in [-0.2, 0) is 0 Å². The lowest BCUT2D eigenvalue weighted by Gasteiger charge is -2.37. The molecule has 1 saturated heterocycles. The Kier molecular flexibility index (Phi) is 7.03.